The molecule has 0 bridgehead atoms. The van der Waals surface area contributed by atoms with Gasteiger partial charge in [-0.25, -0.2) is 12.8 Å². The highest BCUT2D eigenvalue weighted by Gasteiger charge is 2.22. The van der Waals surface area contributed by atoms with E-state index in [2.05, 4.69) is 4.72 Å². The van der Waals surface area contributed by atoms with Crippen molar-refractivity contribution in [2.75, 3.05) is 11.8 Å². The second-order valence-corrected chi connectivity index (χ2v) is 9.09. The predicted octanol–water partition coefficient (Wildman–Crippen LogP) is 4.61. The standard InChI is InChI=1S/C19H16ClFN2O3S2/c1-23(12-16-3-2-10-27-16)19(24)13-4-9-17(20)18(11-13)28(25,26)22-15-7-5-14(21)6-8-15/h2-11,22H,12H2,1H3. The van der Waals surface area contributed by atoms with E-state index in [1.54, 1.807) is 7.05 Å². The van der Waals surface area contributed by atoms with Gasteiger partial charge in [-0.15, -0.1) is 11.3 Å². The summed E-state index contributed by atoms with van der Waals surface area (Å²) in [5.74, 6) is -0.814. The summed E-state index contributed by atoms with van der Waals surface area (Å²) in [6.07, 6.45) is 0. The molecule has 146 valence electrons. The zero-order valence-corrected chi connectivity index (χ0v) is 17.1. The first-order valence-corrected chi connectivity index (χ1v) is 10.9. The number of anilines is 1. The van der Waals surface area contributed by atoms with Crippen LogP contribution in [0.2, 0.25) is 5.02 Å². The third-order valence-corrected chi connectivity index (χ3v) is 6.61. The summed E-state index contributed by atoms with van der Waals surface area (Å²) in [5, 5.41) is 1.90. The summed E-state index contributed by atoms with van der Waals surface area (Å²) in [6.45, 7) is 0.412. The minimum atomic E-state index is -4.06. The average Bonchev–Trinajstić information content (AvgIpc) is 3.16. The zero-order valence-electron chi connectivity index (χ0n) is 14.7. The fourth-order valence-corrected chi connectivity index (χ4v) is 4.84. The van der Waals surface area contributed by atoms with Gasteiger partial charge in [0.05, 0.1) is 11.6 Å². The topological polar surface area (TPSA) is 66.5 Å². The van der Waals surface area contributed by atoms with Gasteiger partial charge in [0, 0.05) is 23.2 Å². The maximum atomic E-state index is 13.0. The fourth-order valence-electron chi connectivity index (χ4n) is 2.50. The highest BCUT2D eigenvalue weighted by Crippen LogP contribution is 2.26. The Labute approximate surface area is 171 Å². The highest BCUT2D eigenvalue weighted by atomic mass is 35.5. The number of carbonyl (C=O) groups is 1. The van der Waals surface area contributed by atoms with Crippen molar-refractivity contribution < 1.29 is 17.6 Å². The van der Waals surface area contributed by atoms with Gasteiger partial charge in [-0.05, 0) is 53.9 Å². The molecule has 28 heavy (non-hydrogen) atoms. The lowest BCUT2D eigenvalue weighted by molar-refractivity contribution is 0.0786. The quantitative estimate of drug-likeness (QED) is 0.611. The number of benzene rings is 2. The van der Waals surface area contributed by atoms with Crippen LogP contribution < -0.4 is 4.72 Å². The first kappa shape index (κ1) is 20.3. The Morgan fingerprint density at radius 2 is 1.89 bits per heavy atom. The molecule has 0 atom stereocenters. The second kappa shape index (κ2) is 8.30. The van der Waals surface area contributed by atoms with Crippen molar-refractivity contribution in [1.82, 2.24) is 4.90 Å². The van der Waals surface area contributed by atoms with Gasteiger partial charge >= 0.3 is 0 Å². The lowest BCUT2D eigenvalue weighted by Crippen LogP contribution is -2.26. The molecule has 5 nitrogen and oxygen atoms in total. The van der Waals surface area contributed by atoms with Crippen LogP contribution in [0.3, 0.4) is 0 Å². The van der Waals surface area contributed by atoms with Crippen molar-refractivity contribution in [3.05, 3.63) is 81.3 Å². The molecule has 1 N–H and O–H groups in total. The number of carbonyl (C=O) groups excluding carboxylic acids is 1. The van der Waals surface area contributed by atoms with Crippen LogP contribution in [0.15, 0.2) is 64.9 Å². The normalized spacial score (nSPS) is 11.2. The van der Waals surface area contributed by atoms with E-state index in [0.717, 1.165) is 17.0 Å². The van der Waals surface area contributed by atoms with Gasteiger partial charge in [-0.3, -0.25) is 9.52 Å². The van der Waals surface area contributed by atoms with Crippen molar-refractivity contribution in [3.8, 4) is 0 Å². The first-order valence-electron chi connectivity index (χ1n) is 8.12. The van der Waals surface area contributed by atoms with E-state index in [1.807, 2.05) is 17.5 Å². The number of hydrogen-bond donors (Lipinski definition) is 1. The second-order valence-electron chi connectivity index (χ2n) is 6.00. The smallest absolute Gasteiger partial charge is 0.263 e. The lowest BCUT2D eigenvalue weighted by Gasteiger charge is -2.17. The van der Waals surface area contributed by atoms with Gasteiger partial charge in [-0.1, -0.05) is 17.7 Å². The van der Waals surface area contributed by atoms with Gasteiger partial charge < -0.3 is 4.90 Å². The van der Waals surface area contributed by atoms with Crippen LogP contribution in [-0.4, -0.2) is 26.3 Å². The fraction of sp³-hybridized carbons (Fsp3) is 0.105. The number of nitrogens with one attached hydrogen (secondary N) is 1. The molecule has 1 heterocycles. The van der Waals surface area contributed by atoms with Crippen molar-refractivity contribution in [3.63, 3.8) is 0 Å². The van der Waals surface area contributed by atoms with Crippen LogP contribution in [0.1, 0.15) is 15.2 Å². The molecule has 1 amide bonds. The van der Waals surface area contributed by atoms with E-state index < -0.39 is 15.8 Å². The van der Waals surface area contributed by atoms with Gasteiger partial charge in [-0.2, -0.15) is 0 Å². The molecule has 3 rings (SSSR count). The number of halogens is 2. The molecule has 0 aliphatic rings. The molecular formula is C19H16ClFN2O3S2. The maximum Gasteiger partial charge on any atom is 0.263 e. The first-order chi connectivity index (χ1) is 13.3. The summed E-state index contributed by atoms with van der Waals surface area (Å²) in [6, 6.07) is 12.8. The van der Waals surface area contributed by atoms with Crippen LogP contribution >= 0.6 is 22.9 Å². The molecule has 0 radical (unpaired) electrons. The molecule has 0 saturated carbocycles. The molecule has 0 aliphatic carbocycles. The number of thiophene rings is 1. The molecule has 1 aromatic heterocycles. The highest BCUT2D eigenvalue weighted by molar-refractivity contribution is 7.92. The molecule has 0 aliphatic heterocycles. The third-order valence-electron chi connectivity index (χ3n) is 3.88. The third kappa shape index (κ3) is 4.70. The number of rotatable bonds is 6. The SMILES string of the molecule is CN(Cc1cccs1)C(=O)c1ccc(Cl)c(S(=O)(=O)Nc2ccc(F)cc2)c1. The Morgan fingerprint density at radius 3 is 2.54 bits per heavy atom. The molecule has 0 unspecified atom stereocenters. The van der Waals surface area contributed by atoms with Gasteiger partial charge in [0.2, 0.25) is 0 Å². The van der Waals surface area contributed by atoms with Gasteiger partial charge in [0.25, 0.3) is 15.9 Å². The van der Waals surface area contributed by atoms with Crippen LogP contribution in [0.4, 0.5) is 10.1 Å². The molecule has 0 saturated heterocycles. The van der Waals surface area contributed by atoms with Crippen molar-refractivity contribution in [1.29, 1.82) is 0 Å². The van der Waals surface area contributed by atoms with E-state index in [1.165, 1.54) is 46.6 Å². The largest absolute Gasteiger partial charge is 0.337 e. The van der Waals surface area contributed by atoms with Crippen molar-refractivity contribution in [2.45, 2.75) is 11.4 Å². The summed E-state index contributed by atoms with van der Waals surface area (Å²) in [7, 11) is -2.42. The number of hydrogen-bond acceptors (Lipinski definition) is 4. The molecule has 9 heteroatoms. The van der Waals surface area contributed by atoms with E-state index in [4.69, 9.17) is 11.6 Å². The van der Waals surface area contributed by atoms with E-state index in [9.17, 15) is 17.6 Å². The minimum absolute atomic E-state index is 0.0212. The zero-order chi connectivity index (χ0) is 20.3. The summed E-state index contributed by atoms with van der Waals surface area (Å²) in [5.41, 5.74) is 0.381. The molecule has 0 spiro atoms. The maximum absolute atomic E-state index is 13.0. The van der Waals surface area contributed by atoms with Crippen molar-refractivity contribution >= 4 is 44.6 Å². The average molecular weight is 439 g/mol. The van der Waals surface area contributed by atoms with Crippen LogP contribution in [0.25, 0.3) is 0 Å². The monoisotopic (exact) mass is 438 g/mol. The van der Waals surface area contributed by atoms with Crippen LogP contribution in [0, 0.1) is 5.82 Å². The Balaban J connectivity index is 1.85. The predicted molar refractivity (Wildman–Crippen MR) is 109 cm³/mol. The number of amides is 1. The molecule has 3 aromatic rings. The van der Waals surface area contributed by atoms with Crippen LogP contribution in [0.5, 0.6) is 0 Å². The van der Waals surface area contributed by atoms with E-state index in [-0.39, 0.29) is 27.1 Å². The van der Waals surface area contributed by atoms with E-state index in [0.29, 0.717) is 6.54 Å². The van der Waals surface area contributed by atoms with Gasteiger partial charge in [0.15, 0.2) is 0 Å². The van der Waals surface area contributed by atoms with E-state index >= 15 is 0 Å². The number of nitrogens with zero attached hydrogens (tertiary/aromatic N) is 1. The Kier molecular flexibility index (Phi) is 6.02. The molecular weight excluding hydrogens is 423 g/mol. The Hall–Kier alpha value is -2.42. The summed E-state index contributed by atoms with van der Waals surface area (Å²) in [4.78, 5) is 15.0. The Bertz CT molecular complexity index is 1080. The summed E-state index contributed by atoms with van der Waals surface area (Å²) < 4.78 is 40.7. The van der Waals surface area contributed by atoms with Crippen LogP contribution in [-0.2, 0) is 16.6 Å². The Morgan fingerprint density at radius 1 is 1.18 bits per heavy atom. The summed E-state index contributed by atoms with van der Waals surface area (Å²) >= 11 is 7.60. The molecule has 2 aromatic carbocycles. The van der Waals surface area contributed by atoms with Gasteiger partial charge in [0.1, 0.15) is 10.7 Å². The number of sulfonamides is 1. The van der Waals surface area contributed by atoms with Crippen molar-refractivity contribution in [2.24, 2.45) is 0 Å². The lowest BCUT2D eigenvalue weighted by atomic mass is 10.2. The molecule has 0 fully saturated rings. The minimum Gasteiger partial charge on any atom is -0.337 e.